The summed E-state index contributed by atoms with van der Waals surface area (Å²) in [5.41, 5.74) is 0.550. The van der Waals surface area contributed by atoms with E-state index in [2.05, 4.69) is 13.8 Å². The highest BCUT2D eigenvalue weighted by atomic mass is 16.9. The third-order valence-corrected chi connectivity index (χ3v) is 9.73. The number of ketones is 2. The van der Waals surface area contributed by atoms with Gasteiger partial charge in [0, 0.05) is 25.9 Å². The zero-order valence-corrected chi connectivity index (χ0v) is 18.2. The van der Waals surface area contributed by atoms with Crippen LogP contribution < -0.4 is 0 Å². The topological polar surface area (TPSA) is 61.8 Å². The Morgan fingerprint density at radius 3 is 2.52 bits per heavy atom. The fraction of sp³-hybridized carbons (Fsp3) is 0.833. The summed E-state index contributed by atoms with van der Waals surface area (Å²) in [6.07, 6.45) is 9.65. The SMILES string of the molecule is CO[C@@]1(C)OCC(=O)[C@@]2(CC[C@@H]3[C@H]4CCC5=CC(=O)CC[C@]5(C)[C@@H]4CC[C@]32C)O1. The highest BCUT2D eigenvalue weighted by molar-refractivity contribution is 5.92. The Kier molecular flexibility index (Phi) is 4.28. The summed E-state index contributed by atoms with van der Waals surface area (Å²) < 4.78 is 17.5. The molecule has 0 N–H and O–H groups in total. The minimum absolute atomic E-state index is 0.0630. The molecule has 1 saturated heterocycles. The van der Waals surface area contributed by atoms with Crippen molar-refractivity contribution in [1.82, 2.24) is 0 Å². The molecular formula is C24H34O5. The Labute approximate surface area is 173 Å². The summed E-state index contributed by atoms with van der Waals surface area (Å²) >= 11 is 0. The first-order chi connectivity index (χ1) is 13.7. The molecule has 5 aliphatic rings. The first kappa shape index (κ1) is 19.9. The van der Waals surface area contributed by atoms with E-state index < -0.39 is 11.6 Å². The predicted molar refractivity (Wildman–Crippen MR) is 107 cm³/mol. The Bertz CT molecular complexity index is 788. The molecule has 0 bridgehead atoms. The number of Topliss-reactive ketones (excluding diaryl/α,β-unsaturated/α-hetero) is 1. The van der Waals surface area contributed by atoms with Gasteiger partial charge in [0.15, 0.2) is 11.6 Å². The molecule has 0 unspecified atom stereocenters. The van der Waals surface area contributed by atoms with Gasteiger partial charge in [0.1, 0.15) is 12.2 Å². The number of hydrogen-bond acceptors (Lipinski definition) is 5. The highest BCUT2D eigenvalue weighted by Gasteiger charge is 2.70. The van der Waals surface area contributed by atoms with Gasteiger partial charge in [-0.25, -0.2) is 0 Å². The quantitative estimate of drug-likeness (QED) is 0.658. The van der Waals surface area contributed by atoms with Crippen molar-refractivity contribution in [3.63, 3.8) is 0 Å². The van der Waals surface area contributed by atoms with Crippen LogP contribution in [0, 0.1) is 28.6 Å². The van der Waals surface area contributed by atoms with Gasteiger partial charge in [-0.1, -0.05) is 19.4 Å². The molecule has 4 fully saturated rings. The zero-order chi connectivity index (χ0) is 20.7. The van der Waals surface area contributed by atoms with Crippen LogP contribution in [0.3, 0.4) is 0 Å². The molecule has 1 heterocycles. The van der Waals surface area contributed by atoms with Gasteiger partial charge in [-0.3, -0.25) is 9.59 Å². The number of hydrogen-bond donors (Lipinski definition) is 0. The molecule has 5 nitrogen and oxygen atoms in total. The van der Waals surface area contributed by atoms with Gasteiger partial charge in [0.25, 0.3) is 5.97 Å². The number of fused-ring (bicyclic) bond motifs is 6. The Morgan fingerprint density at radius 1 is 1.00 bits per heavy atom. The molecule has 29 heavy (non-hydrogen) atoms. The number of allylic oxidation sites excluding steroid dienone is 1. The van der Waals surface area contributed by atoms with Crippen molar-refractivity contribution in [3.05, 3.63) is 11.6 Å². The third-order valence-electron chi connectivity index (χ3n) is 9.73. The normalized spacial score (nSPS) is 52.0. The molecule has 0 amide bonds. The molecule has 1 aliphatic heterocycles. The van der Waals surface area contributed by atoms with Crippen LogP contribution >= 0.6 is 0 Å². The summed E-state index contributed by atoms with van der Waals surface area (Å²) in [6, 6.07) is 0. The second-order valence-corrected chi connectivity index (χ2v) is 10.7. The van der Waals surface area contributed by atoms with Crippen LogP contribution in [0.5, 0.6) is 0 Å². The van der Waals surface area contributed by atoms with Crippen molar-refractivity contribution in [2.45, 2.75) is 83.7 Å². The van der Waals surface area contributed by atoms with Crippen LogP contribution in [0.25, 0.3) is 0 Å². The smallest absolute Gasteiger partial charge is 0.281 e. The van der Waals surface area contributed by atoms with Gasteiger partial charge in [-0.05, 0) is 74.2 Å². The molecule has 0 radical (unpaired) electrons. The number of rotatable bonds is 1. The second-order valence-electron chi connectivity index (χ2n) is 10.7. The molecule has 160 valence electrons. The van der Waals surface area contributed by atoms with Crippen LogP contribution in [0.1, 0.15) is 72.1 Å². The number of carbonyl (C=O) groups is 2. The summed E-state index contributed by atoms with van der Waals surface area (Å²) in [6.45, 7) is 6.53. The van der Waals surface area contributed by atoms with Crippen LogP contribution in [0.15, 0.2) is 11.6 Å². The predicted octanol–water partition coefficient (Wildman–Crippen LogP) is 4.19. The van der Waals surface area contributed by atoms with Gasteiger partial charge in [-0.2, -0.15) is 0 Å². The summed E-state index contributed by atoms with van der Waals surface area (Å²) in [5, 5.41) is 0. The van der Waals surface area contributed by atoms with Crippen LogP contribution in [-0.2, 0) is 23.8 Å². The van der Waals surface area contributed by atoms with E-state index in [9.17, 15) is 9.59 Å². The van der Waals surface area contributed by atoms with Crippen molar-refractivity contribution >= 4 is 11.6 Å². The first-order valence-corrected chi connectivity index (χ1v) is 11.3. The van der Waals surface area contributed by atoms with Crippen molar-refractivity contribution in [2.24, 2.45) is 28.6 Å². The fourth-order valence-electron chi connectivity index (χ4n) is 8.00. The van der Waals surface area contributed by atoms with Gasteiger partial charge < -0.3 is 14.2 Å². The number of methoxy groups -OCH3 is 1. The molecule has 0 aromatic heterocycles. The summed E-state index contributed by atoms with van der Waals surface area (Å²) in [5.74, 6) is 0.906. The minimum Gasteiger partial charge on any atom is -0.331 e. The van der Waals surface area contributed by atoms with Gasteiger partial charge in [0.2, 0.25) is 0 Å². The molecule has 5 rings (SSSR count). The maximum atomic E-state index is 13.2. The molecule has 7 atom stereocenters. The fourth-order valence-corrected chi connectivity index (χ4v) is 8.00. The van der Waals surface area contributed by atoms with E-state index in [1.54, 1.807) is 14.0 Å². The average molecular weight is 403 g/mol. The lowest BCUT2D eigenvalue weighted by molar-refractivity contribution is -0.414. The molecule has 5 heteroatoms. The van der Waals surface area contributed by atoms with Crippen molar-refractivity contribution < 1.29 is 23.8 Å². The minimum atomic E-state index is -1.15. The van der Waals surface area contributed by atoms with Gasteiger partial charge in [-0.15, -0.1) is 0 Å². The van der Waals surface area contributed by atoms with E-state index in [-0.39, 0.29) is 23.2 Å². The van der Waals surface area contributed by atoms with E-state index in [4.69, 9.17) is 14.2 Å². The number of carbonyl (C=O) groups excluding carboxylic acids is 2. The van der Waals surface area contributed by atoms with Gasteiger partial charge >= 0.3 is 0 Å². The lowest BCUT2D eigenvalue weighted by Crippen LogP contribution is -2.65. The highest BCUT2D eigenvalue weighted by Crippen LogP contribution is 2.69. The van der Waals surface area contributed by atoms with Gasteiger partial charge in [0.05, 0.1) is 0 Å². The maximum absolute atomic E-state index is 13.2. The lowest BCUT2D eigenvalue weighted by Gasteiger charge is -2.60. The molecular weight excluding hydrogens is 368 g/mol. The molecule has 4 aliphatic carbocycles. The standard InChI is InChI=1S/C24H34O5/c1-21-10-7-16(25)13-15(21)5-6-17-18(21)8-11-22(2)19(17)9-12-24(22)20(26)14-28-23(3,27-4)29-24/h13,17-19H,5-12,14H2,1-4H3/t17-,18+,19+,21-,22+,23-,24+/m0/s1. The van der Waals surface area contributed by atoms with Crippen molar-refractivity contribution in [3.8, 4) is 0 Å². The Morgan fingerprint density at radius 2 is 1.76 bits per heavy atom. The zero-order valence-electron chi connectivity index (χ0n) is 18.2. The van der Waals surface area contributed by atoms with Crippen LogP contribution in [0.2, 0.25) is 0 Å². The second kappa shape index (κ2) is 6.24. The summed E-state index contributed by atoms with van der Waals surface area (Å²) in [7, 11) is 1.58. The Hall–Kier alpha value is -1.04. The number of ether oxygens (including phenoxy) is 3. The monoisotopic (exact) mass is 402 g/mol. The molecule has 0 aromatic carbocycles. The van der Waals surface area contributed by atoms with Crippen LogP contribution in [-0.4, -0.2) is 36.9 Å². The Balaban J connectivity index is 1.50. The van der Waals surface area contributed by atoms with E-state index in [0.29, 0.717) is 30.0 Å². The molecule has 0 aromatic rings. The van der Waals surface area contributed by atoms with E-state index in [1.807, 2.05) is 6.08 Å². The lowest BCUT2D eigenvalue weighted by atomic mass is 9.46. The largest absolute Gasteiger partial charge is 0.331 e. The van der Waals surface area contributed by atoms with E-state index >= 15 is 0 Å². The molecule has 1 spiro atoms. The van der Waals surface area contributed by atoms with Crippen molar-refractivity contribution in [1.29, 1.82) is 0 Å². The average Bonchev–Trinajstić information content (AvgIpc) is 2.99. The maximum Gasteiger partial charge on any atom is 0.281 e. The van der Waals surface area contributed by atoms with E-state index in [0.717, 1.165) is 44.9 Å². The molecule has 3 saturated carbocycles. The van der Waals surface area contributed by atoms with Crippen LogP contribution in [0.4, 0.5) is 0 Å². The van der Waals surface area contributed by atoms with Crippen molar-refractivity contribution in [2.75, 3.05) is 13.7 Å². The first-order valence-electron chi connectivity index (χ1n) is 11.3. The van der Waals surface area contributed by atoms with E-state index in [1.165, 1.54) is 5.57 Å². The summed E-state index contributed by atoms with van der Waals surface area (Å²) in [4.78, 5) is 25.2. The third kappa shape index (κ3) is 2.50.